The number of hydrogen-bond donors (Lipinski definition) is 1. The van der Waals surface area contributed by atoms with Crippen LogP contribution in [-0.4, -0.2) is 50.0 Å². The predicted molar refractivity (Wildman–Crippen MR) is 111 cm³/mol. The van der Waals surface area contributed by atoms with E-state index in [9.17, 15) is 40.0 Å². The summed E-state index contributed by atoms with van der Waals surface area (Å²) in [5.41, 5.74) is -1.94. The number of carbonyl (C=O) groups is 2. The van der Waals surface area contributed by atoms with E-state index in [0.29, 0.717) is 21.9 Å². The highest BCUT2D eigenvalue weighted by atomic mass is 35.5. The first-order valence-corrected chi connectivity index (χ1v) is 11.2. The molecule has 0 bridgehead atoms. The summed E-state index contributed by atoms with van der Waals surface area (Å²) >= 11 is 5.53. The van der Waals surface area contributed by atoms with Crippen LogP contribution < -0.4 is 14.9 Å². The Kier molecular flexibility index (Phi) is 6.95. The molecule has 1 saturated heterocycles. The number of aryl methyl sites for hydroxylation is 1. The Morgan fingerprint density at radius 3 is 2.49 bits per heavy atom. The molecule has 0 aliphatic carbocycles. The summed E-state index contributed by atoms with van der Waals surface area (Å²) in [7, 11) is -3.77. The van der Waals surface area contributed by atoms with Crippen LogP contribution in [0.1, 0.15) is 11.3 Å². The third kappa shape index (κ3) is 5.44. The van der Waals surface area contributed by atoms with Gasteiger partial charge < -0.3 is 4.90 Å². The second kappa shape index (κ2) is 9.18. The number of likely N-dealkylation sites (N-methyl/N-ethyl adjacent to an activating group) is 1. The standard InChI is InChI=1S/C18H15ClF5N5O5S/c1-8-5-9(18(22,23)24)6-13(26-8)29-12(7-28(17(29)31)34-35(25,32)33)16(30)27(2)11-4-3-10(20)14(19)15(11)21/h3-6,12H,7H2,1-2H3,(H2,25,32,33). The summed E-state index contributed by atoms with van der Waals surface area (Å²) in [6.07, 6.45) is -4.85. The average Bonchev–Trinajstić information content (AvgIpc) is 3.04. The maximum absolute atomic E-state index is 14.5. The molecule has 3 rings (SSSR count). The molecule has 1 atom stereocenters. The lowest BCUT2D eigenvalue weighted by atomic mass is 10.1. The molecule has 1 aromatic heterocycles. The van der Waals surface area contributed by atoms with Crippen molar-refractivity contribution in [3.05, 3.63) is 52.2 Å². The van der Waals surface area contributed by atoms with Gasteiger partial charge in [0, 0.05) is 12.7 Å². The van der Waals surface area contributed by atoms with Gasteiger partial charge in [0.2, 0.25) is 0 Å². The maximum Gasteiger partial charge on any atom is 0.416 e. The number of alkyl halides is 3. The lowest BCUT2D eigenvalue weighted by molar-refractivity contribution is -0.137. The van der Waals surface area contributed by atoms with E-state index in [2.05, 4.69) is 9.27 Å². The van der Waals surface area contributed by atoms with Gasteiger partial charge in [-0.15, -0.1) is 4.28 Å². The van der Waals surface area contributed by atoms with Crippen molar-refractivity contribution in [3.8, 4) is 0 Å². The van der Waals surface area contributed by atoms with Gasteiger partial charge in [0.1, 0.15) is 22.7 Å². The van der Waals surface area contributed by atoms with E-state index in [-0.39, 0.29) is 10.8 Å². The molecule has 17 heteroatoms. The van der Waals surface area contributed by atoms with Crippen LogP contribution >= 0.6 is 11.6 Å². The number of anilines is 2. The number of nitrogens with two attached hydrogens (primary N) is 1. The molecular formula is C18H15ClF5N5O5S. The zero-order valence-corrected chi connectivity index (χ0v) is 19.2. The van der Waals surface area contributed by atoms with Crippen molar-refractivity contribution in [1.29, 1.82) is 0 Å². The van der Waals surface area contributed by atoms with E-state index < -0.39 is 74.7 Å². The Morgan fingerprint density at radius 1 is 1.29 bits per heavy atom. The van der Waals surface area contributed by atoms with Gasteiger partial charge in [-0.3, -0.25) is 9.69 Å². The van der Waals surface area contributed by atoms with Crippen molar-refractivity contribution >= 4 is 45.3 Å². The Labute approximate surface area is 199 Å². The van der Waals surface area contributed by atoms with Gasteiger partial charge in [0.05, 0.1) is 17.8 Å². The van der Waals surface area contributed by atoms with Crippen molar-refractivity contribution < 1.29 is 44.2 Å². The molecule has 2 aromatic rings. The Balaban J connectivity index is 2.10. The van der Waals surface area contributed by atoms with Crippen LogP contribution in [0.25, 0.3) is 0 Å². The number of pyridine rings is 1. The molecule has 190 valence electrons. The summed E-state index contributed by atoms with van der Waals surface area (Å²) in [6, 6.07) is -0.401. The number of hydroxylamine groups is 2. The molecule has 10 nitrogen and oxygen atoms in total. The van der Waals surface area contributed by atoms with Gasteiger partial charge in [0.15, 0.2) is 5.82 Å². The van der Waals surface area contributed by atoms with Crippen LogP contribution in [0.4, 0.5) is 38.3 Å². The summed E-state index contributed by atoms with van der Waals surface area (Å²) < 4.78 is 95.0. The normalized spacial score (nSPS) is 16.7. The molecule has 1 aliphatic heterocycles. The fourth-order valence-electron chi connectivity index (χ4n) is 3.26. The SMILES string of the molecule is Cc1cc(C(F)(F)F)cc(N2C(=O)N(OS(N)(=O)=O)CC2C(=O)N(C)c2ccc(F)c(Cl)c2F)n1. The number of aromatic nitrogens is 1. The molecule has 1 unspecified atom stereocenters. The van der Waals surface area contributed by atoms with Crippen LogP contribution in [0.5, 0.6) is 0 Å². The van der Waals surface area contributed by atoms with Crippen molar-refractivity contribution in [2.24, 2.45) is 5.14 Å². The van der Waals surface area contributed by atoms with E-state index >= 15 is 0 Å². The second-order valence-corrected chi connectivity index (χ2v) is 8.75. The van der Waals surface area contributed by atoms with Gasteiger partial charge in [-0.05, 0) is 31.2 Å². The fraction of sp³-hybridized carbons (Fsp3) is 0.278. The zero-order chi connectivity index (χ0) is 26.5. The van der Waals surface area contributed by atoms with Crippen molar-refractivity contribution in [3.63, 3.8) is 0 Å². The van der Waals surface area contributed by atoms with Crippen molar-refractivity contribution in [2.75, 3.05) is 23.4 Å². The van der Waals surface area contributed by atoms with Crippen LogP contribution in [0, 0.1) is 18.6 Å². The number of amides is 3. The number of carbonyl (C=O) groups excluding carboxylic acids is 2. The molecule has 0 saturated carbocycles. The smallest absolute Gasteiger partial charge is 0.311 e. The third-order valence-corrected chi connectivity index (χ3v) is 5.50. The number of halogens is 6. The van der Waals surface area contributed by atoms with E-state index in [4.69, 9.17) is 16.7 Å². The summed E-state index contributed by atoms with van der Waals surface area (Å²) in [4.78, 5) is 31.0. The largest absolute Gasteiger partial charge is 0.416 e. The van der Waals surface area contributed by atoms with Crippen LogP contribution in [0.3, 0.4) is 0 Å². The average molecular weight is 544 g/mol. The molecule has 2 N–H and O–H groups in total. The molecule has 0 spiro atoms. The predicted octanol–water partition coefficient (Wildman–Crippen LogP) is 2.75. The molecule has 1 aromatic carbocycles. The molecule has 1 aliphatic rings. The first kappa shape index (κ1) is 26.5. The van der Waals surface area contributed by atoms with E-state index in [1.807, 2.05) is 0 Å². The molecule has 2 heterocycles. The second-order valence-electron chi connectivity index (χ2n) is 7.24. The zero-order valence-electron chi connectivity index (χ0n) is 17.7. The fourth-order valence-corrected chi connectivity index (χ4v) is 3.79. The topological polar surface area (TPSA) is 126 Å². The molecule has 0 radical (unpaired) electrons. The lowest BCUT2D eigenvalue weighted by Gasteiger charge is -2.27. The summed E-state index contributed by atoms with van der Waals surface area (Å²) in [5.74, 6) is -4.25. The third-order valence-electron chi connectivity index (χ3n) is 4.77. The van der Waals surface area contributed by atoms with Gasteiger partial charge in [-0.1, -0.05) is 11.6 Å². The van der Waals surface area contributed by atoms with Crippen molar-refractivity contribution in [2.45, 2.75) is 19.1 Å². The first-order chi connectivity index (χ1) is 16.0. The van der Waals surface area contributed by atoms with Crippen LogP contribution in [0.2, 0.25) is 5.02 Å². The van der Waals surface area contributed by atoms with E-state index in [0.717, 1.165) is 19.2 Å². The minimum atomic E-state index is -4.85. The van der Waals surface area contributed by atoms with Gasteiger partial charge in [-0.2, -0.15) is 26.7 Å². The number of rotatable bonds is 5. The van der Waals surface area contributed by atoms with E-state index in [1.54, 1.807) is 0 Å². The Hall–Kier alpha value is -3.08. The van der Waals surface area contributed by atoms with Crippen molar-refractivity contribution in [1.82, 2.24) is 10.0 Å². The Bertz CT molecular complexity index is 1310. The number of nitrogens with zero attached hydrogens (tertiary/aromatic N) is 4. The Morgan fingerprint density at radius 2 is 1.91 bits per heavy atom. The lowest BCUT2D eigenvalue weighted by Crippen LogP contribution is -2.47. The maximum atomic E-state index is 14.5. The number of urea groups is 1. The highest BCUT2D eigenvalue weighted by Gasteiger charge is 2.47. The minimum Gasteiger partial charge on any atom is -0.311 e. The van der Waals surface area contributed by atoms with Gasteiger partial charge in [0.25, 0.3) is 5.91 Å². The van der Waals surface area contributed by atoms with Gasteiger partial charge in [-0.25, -0.2) is 23.7 Å². The first-order valence-electron chi connectivity index (χ1n) is 9.31. The van der Waals surface area contributed by atoms with E-state index in [1.165, 1.54) is 6.92 Å². The minimum absolute atomic E-state index is 0.122. The highest BCUT2D eigenvalue weighted by Crippen LogP contribution is 2.35. The van der Waals surface area contributed by atoms with Crippen LogP contribution in [0.15, 0.2) is 24.3 Å². The molecule has 3 amide bonds. The highest BCUT2D eigenvalue weighted by molar-refractivity contribution is 7.84. The van der Waals surface area contributed by atoms with Gasteiger partial charge >= 0.3 is 22.5 Å². The number of hydrogen-bond acceptors (Lipinski definition) is 6. The number of benzene rings is 1. The molecule has 1 fully saturated rings. The molecular weight excluding hydrogens is 529 g/mol. The summed E-state index contributed by atoms with van der Waals surface area (Å²) in [6.45, 7) is 0.336. The quantitative estimate of drug-likeness (QED) is 0.456. The molecule has 35 heavy (non-hydrogen) atoms. The van der Waals surface area contributed by atoms with Crippen LogP contribution in [-0.2, 0) is 25.6 Å². The summed E-state index contributed by atoms with van der Waals surface area (Å²) in [5, 5.41) is 3.96. The monoisotopic (exact) mass is 543 g/mol.